The van der Waals surface area contributed by atoms with Gasteiger partial charge in [0, 0.05) is 13.1 Å². The Kier molecular flexibility index (Phi) is 4.67. The maximum Gasteiger partial charge on any atom is 0.243 e. The molecule has 2 heterocycles. The fourth-order valence-electron chi connectivity index (χ4n) is 4.72. The maximum absolute atomic E-state index is 13.0. The van der Waals surface area contributed by atoms with Gasteiger partial charge in [0.1, 0.15) is 0 Å². The van der Waals surface area contributed by atoms with Crippen LogP contribution in [0, 0.1) is 11.8 Å². The van der Waals surface area contributed by atoms with Crippen LogP contribution in [0.4, 0.5) is 0 Å². The van der Waals surface area contributed by atoms with E-state index in [0.717, 1.165) is 19.5 Å². The maximum atomic E-state index is 13.0. The molecule has 3 aliphatic rings. The van der Waals surface area contributed by atoms with Gasteiger partial charge >= 0.3 is 0 Å². The molecule has 3 fully saturated rings. The minimum absolute atomic E-state index is 0.464. The molecule has 0 amide bonds. The number of hydrogen-bond acceptors (Lipinski definition) is 3. The third kappa shape index (κ3) is 3.14. The van der Waals surface area contributed by atoms with Crippen LogP contribution in [0.2, 0.25) is 0 Å². The molecular formula is C19H28N2O2S. The summed E-state index contributed by atoms with van der Waals surface area (Å²) in [5, 5.41) is 3.40. The molecule has 4 rings (SSSR count). The summed E-state index contributed by atoms with van der Waals surface area (Å²) in [7, 11) is -3.34. The molecule has 0 bridgehead atoms. The number of fused-ring (bicyclic) bond motifs is 1. The van der Waals surface area contributed by atoms with Gasteiger partial charge in [-0.05, 0) is 67.8 Å². The average molecular weight is 349 g/mol. The molecule has 0 aromatic heterocycles. The third-order valence-corrected chi connectivity index (χ3v) is 8.14. The second-order valence-corrected chi connectivity index (χ2v) is 9.67. The lowest BCUT2D eigenvalue weighted by Crippen LogP contribution is -2.43. The van der Waals surface area contributed by atoms with E-state index in [0.29, 0.717) is 35.7 Å². The Bertz CT molecular complexity index is 665. The van der Waals surface area contributed by atoms with E-state index >= 15 is 0 Å². The fraction of sp³-hybridized carbons (Fsp3) is 0.684. The first-order valence-corrected chi connectivity index (χ1v) is 10.9. The van der Waals surface area contributed by atoms with Crippen molar-refractivity contribution in [3.63, 3.8) is 0 Å². The van der Waals surface area contributed by atoms with Crippen molar-refractivity contribution in [2.75, 3.05) is 26.2 Å². The predicted molar refractivity (Wildman–Crippen MR) is 95.5 cm³/mol. The molecule has 2 unspecified atom stereocenters. The second kappa shape index (κ2) is 6.77. The van der Waals surface area contributed by atoms with Crippen LogP contribution in [0.5, 0.6) is 0 Å². The monoisotopic (exact) mass is 348 g/mol. The summed E-state index contributed by atoms with van der Waals surface area (Å²) in [5.74, 6) is 1.76. The summed E-state index contributed by atoms with van der Waals surface area (Å²) in [6.45, 7) is 3.34. The molecule has 1 aromatic rings. The van der Waals surface area contributed by atoms with Crippen molar-refractivity contribution in [1.82, 2.24) is 9.62 Å². The molecule has 2 atom stereocenters. The lowest BCUT2D eigenvalue weighted by atomic mass is 9.84. The van der Waals surface area contributed by atoms with Gasteiger partial charge in [-0.3, -0.25) is 0 Å². The van der Waals surface area contributed by atoms with Crippen LogP contribution in [-0.4, -0.2) is 38.9 Å². The van der Waals surface area contributed by atoms with Gasteiger partial charge in [0.05, 0.1) is 4.90 Å². The van der Waals surface area contributed by atoms with Gasteiger partial charge in [0.25, 0.3) is 0 Å². The zero-order valence-electron chi connectivity index (χ0n) is 14.3. The number of nitrogens with zero attached hydrogens (tertiary/aromatic N) is 1. The molecule has 24 heavy (non-hydrogen) atoms. The van der Waals surface area contributed by atoms with Crippen molar-refractivity contribution in [1.29, 1.82) is 0 Å². The molecule has 1 aromatic carbocycles. The van der Waals surface area contributed by atoms with E-state index in [1.54, 1.807) is 4.31 Å². The van der Waals surface area contributed by atoms with Gasteiger partial charge in [0.15, 0.2) is 0 Å². The van der Waals surface area contributed by atoms with Crippen LogP contribution in [0.1, 0.15) is 50.0 Å². The first-order chi connectivity index (χ1) is 11.6. The standard InChI is InChI=1S/C19H28N2O2S/c22-24(23,21-11-10-17-12-20-13-18(17)14-21)19-8-6-16(7-9-19)15-4-2-1-3-5-15/h6-9,15,17-18,20H,1-5,10-14H2. The quantitative estimate of drug-likeness (QED) is 0.914. The number of benzene rings is 1. The minimum atomic E-state index is -3.34. The van der Waals surface area contributed by atoms with Crippen molar-refractivity contribution in [3.8, 4) is 0 Å². The number of sulfonamides is 1. The van der Waals surface area contributed by atoms with Crippen LogP contribution in [0.15, 0.2) is 29.2 Å². The van der Waals surface area contributed by atoms with E-state index in [4.69, 9.17) is 0 Å². The first kappa shape index (κ1) is 16.6. The number of hydrogen-bond donors (Lipinski definition) is 1. The van der Waals surface area contributed by atoms with Gasteiger partial charge in [0.2, 0.25) is 10.0 Å². The zero-order chi connectivity index (χ0) is 16.6. The molecule has 1 N–H and O–H groups in total. The Labute approximate surface area is 145 Å². The highest BCUT2D eigenvalue weighted by molar-refractivity contribution is 7.89. The summed E-state index contributed by atoms with van der Waals surface area (Å²) >= 11 is 0. The van der Waals surface area contributed by atoms with E-state index in [9.17, 15) is 8.42 Å². The molecule has 1 saturated carbocycles. The number of piperidine rings is 1. The smallest absolute Gasteiger partial charge is 0.243 e. The Morgan fingerprint density at radius 2 is 1.62 bits per heavy atom. The van der Waals surface area contributed by atoms with E-state index in [1.165, 1.54) is 37.7 Å². The van der Waals surface area contributed by atoms with Gasteiger partial charge in [-0.1, -0.05) is 31.4 Å². The summed E-state index contributed by atoms with van der Waals surface area (Å²) in [5.41, 5.74) is 1.31. The highest BCUT2D eigenvalue weighted by Gasteiger charge is 2.37. The molecule has 132 valence electrons. The Balaban J connectivity index is 1.49. The second-order valence-electron chi connectivity index (χ2n) is 7.73. The Morgan fingerprint density at radius 1 is 0.917 bits per heavy atom. The lowest BCUT2D eigenvalue weighted by Gasteiger charge is -2.33. The summed E-state index contributed by atoms with van der Waals surface area (Å²) < 4.78 is 27.6. The predicted octanol–water partition coefficient (Wildman–Crippen LogP) is 2.96. The van der Waals surface area contributed by atoms with E-state index < -0.39 is 10.0 Å². The van der Waals surface area contributed by atoms with Crippen LogP contribution in [0.3, 0.4) is 0 Å². The van der Waals surface area contributed by atoms with Gasteiger partial charge < -0.3 is 5.32 Å². The average Bonchev–Trinajstić information content (AvgIpc) is 3.10. The molecule has 5 heteroatoms. The molecule has 1 aliphatic carbocycles. The normalized spacial score (nSPS) is 29.5. The molecular weight excluding hydrogens is 320 g/mol. The molecule has 2 aliphatic heterocycles. The van der Waals surface area contributed by atoms with Gasteiger partial charge in [-0.2, -0.15) is 4.31 Å². The molecule has 2 saturated heterocycles. The van der Waals surface area contributed by atoms with Crippen LogP contribution >= 0.6 is 0 Å². The van der Waals surface area contributed by atoms with E-state index in [-0.39, 0.29) is 0 Å². The zero-order valence-corrected chi connectivity index (χ0v) is 15.1. The highest BCUT2D eigenvalue weighted by Crippen LogP contribution is 2.34. The van der Waals surface area contributed by atoms with Crippen LogP contribution in [-0.2, 0) is 10.0 Å². The Hall–Kier alpha value is -0.910. The van der Waals surface area contributed by atoms with Gasteiger partial charge in [-0.25, -0.2) is 8.42 Å². The minimum Gasteiger partial charge on any atom is -0.316 e. The summed E-state index contributed by atoms with van der Waals surface area (Å²) in [6, 6.07) is 7.76. The van der Waals surface area contributed by atoms with Crippen molar-refractivity contribution < 1.29 is 8.42 Å². The van der Waals surface area contributed by atoms with Gasteiger partial charge in [-0.15, -0.1) is 0 Å². The summed E-state index contributed by atoms with van der Waals surface area (Å²) in [4.78, 5) is 0.464. The first-order valence-electron chi connectivity index (χ1n) is 9.45. The number of rotatable bonds is 3. The topological polar surface area (TPSA) is 49.4 Å². The van der Waals surface area contributed by atoms with E-state index in [1.807, 2.05) is 24.3 Å². The van der Waals surface area contributed by atoms with Crippen molar-refractivity contribution in [2.24, 2.45) is 11.8 Å². The van der Waals surface area contributed by atoms with Crippen molar-refractivity contribution in [2.45, 2.75) is 49.3 Å². The van der Waals surface area contributed by atoms with E-state index in [2.05, 4.69) is 5.32 Å². The Morgan fingerprint density at radius 3 is 2.38 bits per heavy atom. The lowest BCUT2D eigenvalue weighted by molar-refractivity contribution is 0.228. The summed E-state index contributed by atoms with van der Waals surface area (Å²) in [6.07, 6.45) is 7.42. The highest BCUT2D eigenvalue weighted by atomic mass is 32.2. The van der Waals surface area contributed by atoms with Crippen molar-refractivity contribution >= 4 is 10.0 Å². The largest absolute Gasteiger partial charge is 0.316 e. The number of nitrogens with one attached hydrogen (secondary N) is 1. The van der Waals surface area contributed by atoms with Crippen LogP contribution < -0.4 is 5.32 Å². The molecule has 0 radical (unpaired) electrons. The van der Waals surface area contributed by atoms with Crippen molar-refractivity contribution in [3.05, 3.63) is 29.8 Å². The SMILES string of the molecule is O=S(=O)(c1ccc(C2CCCCC2)cc1)N1CCC2CNCC2C1. The molecule has 4 nitrogen and oxygen atoms in total. The van der Waals surface area contributed by atoms with Crippen LogP contribution in [0.25, 0.3) is 0 Å². The third-order valence-electron chi connectivity index (χ3n) is 6.26. The molecule has 0 spiro atoms. The fourth-order valence-corrected chi connectivity index (χ4v) is 6.23.